The summed E-state index contributed by atoms with van der Waals surface area (Å²) in [6.45, 7) is 5.52. The van der Waals surface area contributed by atoms with Crippen LogP contribution in [0.15, 0.2) is 60.1 Å². The van der Waals surface area contributed by atoms with Gasteiger partial charge in [0.2, 0.25) is 11.8 Å². The summed E-state index contributed by atoms with van der Waals surface area (Å²) >= 11 is 0. The zero-order chi connectivity index (χ0) is 38.6. The monoisotopic (exact) mass is 759 g/mol. The van der Waals surface area contributed by atoms with E-state index in [1.807, 2.05) is 12.1 Å². The molecule has 14 nitrogen and oxygen atoms in total. The van der Waals surface area contributed by atoms with E-state index in [0.717, 1.165) is 62.7 Å². The molecular formula is C39H47F2N9O5. The lowest BCUT2D eigenvalue weighted by atomic mass is 9.94. The maximum Gasteiger partial charge on any atom is 0.270 e. The van der Waals surface area contributed by atoms with Gasteiger partial charge in [0.05, 0.1) is 35.3 Å². The molecule has 0 aliphatic carbocycles. The van der Waals surface area contributed by atoms with Crippen molar-refractivity contribution in [1.82, 2.24) is 30.2 Å². The first kappa shape index (κ1) is 36.7. The van der Waals surface area contributed by atoms with Crippen LogP contribution in [-0.2, 0) is 9.59 Å². The summed E-state index contributed by atoms with van der Waals surface area (Å²) in [7, 11) is 0. The molecule has 2 aromatic rings. The number of alkyl halides is 2. The molecule has 0 bridgehead atoms. The quantitative estimate of drug-likeness (QED) is 0.244. The van der Waals surface area contributed by atoms with Crippen molar-refractivity contribution >= 4 is 35.0 Å². The van der Waals surface area contributed by atoms with E-state index in [-0.39, 0.29) is 48.8 Å². The number of rotatable bonds is 8. The molecule has 55 heavy (non-hydrogen) atoms. The second-order valence-electron chi connectivity index (χ2n) is 15.7. The third-order valence-electron chi connectivity index (χ3n) is 12.1. The van der Waals surface area contributed by atoms with Crippen molar-refractivity contribution in [1.29, 1.82) is 0 Å². The molecule has 8 rings (SSSR count). The van der Waals surface area contributed by atoms with Crippen LogP contribution in [0.3, 0.4) is 0 Å². The number of likely N-dealkylation sites (tertiary alicyclic amines) is 1. The Balaban J connectivity index is 0.832. The number of anilines is 1. The third kappa shape index (κ3) is 7.08. The van der Waals surface area contributed by atoms with Crippen LogP contribution in [0, 0.1) is 11.8 Å². The Morgan fingerprint density at radius 3 is 2.45 bits per heavy atom. The molecule has 3 unspecified atom stereocenters. The van der Waals surface area contributed by atoms with Gasteiger partial charge in [0.1, 0.15) is 17.6 Å². The van der Waals surface area contributed by atoms with Gasteiger partial charge in [-0.05, 0) is 74.7 Å². The van der Waals surface area contributed by atoms with Crippen LogP contribution in [-0.4, -0.2) is 132 Å². The second-order valence-corrected chi connectivity index (χ2v) is 15.7. The fourth-order valence-electron chi connectivity index (χ4n) is 9.07. The summed E-state index contributed by atoms with van der Waals surface area (Å²) in [5.41, 5.74) is 15.2. The van der Waals surface area contributed by atoms with Gasteiger partial charge in [-0.15, -0.1) is 0 Å². The first-order valence-electron chi connectivity index (χ1n) is 19.0. The van der Waals surface area contributed by atoms with Crippen LogP contribution >= 0.6 is 0 Å². The highest BCUT2D eigenvalue weighted by atomic mass is 19.3. The molecule has 2 aromatic carbocycles. The highest BCUT2D eigenvalue weighted by Crippen LogP contribution is 2.39. The largest absolute Gasteiger partial charge is 0.507 e. The third-order valence-corrected chi connectivity index (χ3v) is 12.1. The second kappa shape index (κ2) is 14.5. The van der Waals surface area contributed by atoms with Crippen LogP contribution in [0.4, 0.5) is 14.5 Å². The lowest BCUT2D eigenvalue weighted by Crippen LogP contribution is -2.60. The number of hydrogen-bond donors (Lipinski definition) is 5. The van der Waals surface area contributed by atoms with Crippen LogP contribution in [0.1, 0.15) is 52.0 Å². The van der Waals surface area contributed by atoms with E-state index in [1.54, 1.807) is 29.2 Å². The number of carbonyl (C=O) groups is 4. The van der Waals surface area contributed by atoms with Crippen molar-refractivity contribution in [3.63, 3.8) is 0 Å². The number of nitrogens with zero attached hydrogens (tertiary/aromatic N) is 5. The summed E-state index contributed by atoms with van der Waals surface area (Å²) in [6.07, 6.45) is 3.74. The SMILES string of the molecule is NC1=C(/C=C(\N)c2ccccc2O)N2CCN(CC3CCN(CC4CN(c5ccc6c(c5)C(=O)N(C5CCC(=O)NC5=O)C6=O)CC4(F)F)CC3)CC2CN1. The van der Waals surface area contributed by atoms with Gasteiger partial charge < -0.3 is 36.6 Å². The number of imide groups is 2. The average molecular weight is 760 g/mol. The Morgan fingerprint density at radius 1 is 0.927 bits per heavy atom. The molecule has 0 saturated carbocycles. The molecule has 6 aliphatic heterocycles. The Kier molecular flexibility index (Phi) is 9.65. The number of halogens is 2. The fourth-order valence-corrected chi connectivity index (χ4v) is 9.07. The number of nitrogens with one attached hydrogen (secondary N) is 2. The van der Waals surface area contributed by atoms with Gasteiger partial charge in [0.25, 0.3) is 17.7 Å². The lowest BCUT2D eigenvalue weighted by Gasteiger charge is -2.47. The van der Waals surface area contributed by atoms with E-state index < -0.39 is 48.1 Å². The normalized spacial score (nSPS) is 26.7. The molecular weight excluding hydrogens is 712 g/mol. The average Bonchev–Trinajstić information content (AvgIpc) is 3.60. The van der Waals surface area contributed by atoms with Crippen molar-refractivity contribution in [2.24, 2.45) is 23.3 Å². The maximum absolute atomic E-state index is 15.5. The minimum Gasteiger partial charge on any atom is -0.507 e. The predicted octanol–water partition coefficient (Wildman–Crippen LogP) is 1.29. The van der Waals surface area contributed by atoms with Crippen LogP contribution < -0.4 is 27.0 Å². The van der Waals surface area contributed by atoms with Gasteiger partial charge in [-0.3, -0.25) is 34.3 Å². The molecule has 6 aliphatic rings. The van der Waals surface area contributed by atoms with E-state index in [4.69, 9.17) is 11.5 Å². The first-order valence-corrected chi connectivity index (χ1v) is 19.0. The smallest absolute Gasteiger partial charge is 0.270 e. The molecule has 4 fully saturated rings. The number of phenols is 1. The molecule has 0 spiro atoms. The Hall–Kier alpha value is -5.22. The molecule has 0 aromatic heterocycles. The minimum absolute atomic E-state index is 0.0147. The molecule has 3 atom stereocenters. The Morgan fingerprint density at radius 2 is 1.69 bits per heavy atom. The van der Waals surface area contributed by atoms with Crippen molar-refractivity contribution in [3.05, 3.63) is 76.7 Å². The van der Waals surface area contributed by atoms with Crippen LogP contribution in [0.5, 0.6) is 5.75 Å². The number of allylic oxidation sites excluding steroid dienone is 1. The number of benzene rings is 2. The number of amides is 4. The number of phenolic OH excluding ortho intramolecular Hbond substituents is 1. The highest BCUT2D eigenvalue weighted by Gasteiger charge is 2.50. The number of aromatic hydroxyl groups is 1. The Bertz CT molecular complexity index is 1960. The van der Waals surface area contributed by atoms with Crippen LogP contribution in [0.25, 0.3) is 5.70 Å². The van der Waals surface area contributed by atoms with Gasteiger partial charge in [0.15, 0.2) is 0 Å². The summed E-state index contributed by atoms with van der Waals surface area (Å²) < 4.78 is 31.0. The summed E-state index contributed by atoms with van der Waals surface area (Å²) in [4.78, 5) is 59.9. The molecule has 7 N–H and O–H groups in total. The van der Waals surface area contributed by atoms with Crippen molar-refractivity contribution in [2.45, 2.75) is 43.7 Å². The van der Waals surface area contributed by atoms with E-state index in [0.29, 0.717) is 35.2 Å². The van der Waals surface area contributed by atoms with Crippen molar-refractivity contribution in [3.8, 4) is 5.75 Å². The summed E-state index contributed by atoms with van der Waals surface area (Å²) in [5.74, 6) is -5.15. The Labute approximate surface area is 317 Å². The van der Waals surface area contributed by atoms with E-state index >= 15 is 8.78 Å². The fraction of sp³-hybridized carbons (Fsp3) is 0.487. The number of fused-ring (bicyclic) bond motifs is 2. The van der Waals surface area contributed by atoms with E-state index in [9.17, 15) is 24.3 Å². The minimum atomic E-state index is -2.94. The molecule has 292 valence electrons. The van der Waals surface area contributed by atoms with Crippen molar-refractivity contribution in [2.75, 3.05) is 70.3 Å². The summed E-state index contributed by atoms with van der Waals surface area (Å²) in [6, 6.07) is 10.6. The van der Waals surface area contributed by atoms with Crippen LogP contribution in [0.2, 0.25) is 0 Å². The first-order chi connectivity index (χ1) is 26.4. The number of para-hydroxylation sites is 1. The number of carbonyl (C=O) groups excluding carboxylic acids is 4. The van der Waals surface area contributed by atoms with Crippen molar-refractivity contribution < 1.29 is 33.1 Å². The zero-order valence-corrected chi connectivity index (χ0v) is 30.6. The predicted molar refractivity (Wildman–Crippen MR) is 199 cm³/mol. The van der Waals surface area contributed by atoms with Gasteiger partial charge in [-0.1, -0.05) is 12.1 Å². The topological polar surface area (TPSA) is 181 Å². The molecule has 4 saturated heterocycles. The van der Waals surface area contributed by atoms with E-state index in [1.165, 1.54) is 12.1 Å². The number of piperazine rings is 1. The van der Waals surface area contributed by atoms with Gasteiger partial charge >= 0.3 is 0 Å². The van der Waals surface area contributed by atoms with Gasteiger partial charge in [-0.25, -0.2) is 8.78 Å². The van der Waals surface area contributed by atoms with Gasteiger partial charge in [-0.2, -0.15) is 0 Å². The number of piperidine rings is 2. The maximum atomic E-state index is 15.5. The summed E-state index contributed by atoms with van der Waals surface area (Å²) in [5, 5.41) is 15.8. The molecule has 0 radical (unpaired) electrons. The van der Waals surface area contributed by atoms with E-state index in [2.05, 4.69) is 25.3 Å². The number of nitrogens with two attached hydrogens (primary N) is 2. The number of hydrogen-bond acceptors (Lipinski definition) is 12. The molecule has 6 heterocycles. The highest BCUT2D eigenvalue weighted by molar-refractivity contribution is 6.23. The van der Waals surface area contributed by atoms with Gasteiger partial charge in [0, 0.05) is 69.2 Å². The lowest BCUT2D eigenvalue weighted by molar-refractivity contribution is -0.136. The molecule has 4 amide bonds. The standard InChI is InChI=1S/C39H47F2N9O5/c40-39(41)22-48(25-5-6-27-29(15-25)38(55)50(37(27)54)31-7-8-34(52)45-36(31)53)20-24(39)19-46-11-9-23(10-12-46)18-47-13-14-49-26(21-47)17-44-35(43)32(49)16-30(42)28-3-1-2-4-33(28)51/h1-6,15-16,23-24,26,31,44,51H,7-14,17-22,42-43H2,(H,45,52,53)/b30-16-. The zero-order valence-electron chi connectivity index (χ0n) is 30.6. The molecule has 16 heteroatoms.